The van der Waals surface area contributed by atoms with E-state index in [9.17, 15) is 4.79 Å². The van der Waals surface area contributed by atoms with Gasteiger partial charge in [-0.15, -0.1) is 0 Å². The number of hydrogen-bond donors (Lipinski definition) is 1. The maximum atomic E-state index is 11.9. The Balaban J connectivity index is 2.05. The summed E-state index contributed by atoms with van der Waals surface area (Å²) in [4.78, 5) is 16.0. The number of rotatable bonds is 6. The average molecular weight is 312 g/mol. The van der Waals surface area contributed by atoms with E-state index in [0.717, 1.165) is 11.1 Å². The number of benzene rings is 1. The van der Waals surface area contributed by atoms with Crippen molar-refractivity contribution in [3.63, 3.8) is 0 Å². The number of methoxy groups -OCH3 is 1. The largest absolute Gasteiger partial charge is 0.493 e. The first kappa shape index (κ1) is 16.5. The Morgan fingerprint density at radius 1 is 1.26 bits per heavy atom. The summed E-state index contributed by atoms with van der Waals surface area (Å²) in [6.07, 6.45) is 4.83. The molecule has 0 aliphatic heterocycles. The third-order valence-electron chi connectivity index (χ3n) is 3.08. The van der Waals surface area contributed by atoms with Gasteiger partial charge in [-0.3, -0.25) is 4.79 Å². The Kier molecular flexibility index (Phi) is 5.74. The van der Waals surface area contributed by atoms with Gasteiger partial charge in [-0.2, -0.15) is 0 Å². The van der Waals surface area contributed by atoms with Gasteiger partial charge in [0.15, 0.2) is 11.5 Å². The zero-order chi connectivity index (χ0) is 16.7. The van der Waals surface area contributed by atoms with Gasteiger partial charge in [0.2, 0.25) is 5.91 Å². The van der Waals surface area contributed by atoms with Crippen LogP contribution in [0.2, 0.25) is 0 Å². The summed E-state index contributed by atoms with van der Waals surface area (Å²) in [6.45, 7) is 4.42. The van der Waals surface area contributed by atoms with Crippen LogP contribution in [0.4, 0.5) is 5.82 Å². The first-order chi connectivity index (χ1) is 11.1. The predicted molar refractivity (Wildman–Crippen MR) is 90.8 cm³/mol. The van der Waals surface area contributed by atoms with Crippen LogP contribution in [0.15, 0.2) is 42.6 Å². The van der Waals surface area contributed by atoms with Crippen LogP contribution < -0.4 is 14.8 Å². The van der Waals surface area contributed by atoms with Crippen molar-refractivity contribution < 1.29 is 14.3 Å². The lowest BCUT2D eigenvalue weighted by atomic mass is 10.2. The van der Waals surface area contributed by atoms with Gasteiger partial charge in [-0.1, -0.05) is 6.07 Å². The number of carbonyl (C=O) groups excluding carboxylic acids is 1. The smallest absolute Gasteiger partial charge is 0.249 e. The molecule has 2 aromatic rings. The van der Waals surface area contributed by atoms with Crippen molar-refractivity contribution >= 4 is 17.8 Å². The van der Waals surface area contributed by atoms with Crippen molar-refractivity contribution in [2.24, 2.45) is 0 Å². The van der Waals surface area contributed by atoms with E-state index in [-0.39, 0.29) is 5.91 Å². The Labute approximate surface area is 136 Å². The van der Waals surface area contributed by atoms with Gasteiger partial charge in [-0.25, -0.2) is 4.98 Å². The molecule has 0 unspecified atom stereocenters. The molecule has 0 saturated heterocycles. The zero-order valence-electron chi connectivity index (χ0n) is 13.5. The second-order valence-corrected chi connectivity index (χ2v) is 4.88. The summed E-state index contributed by atoms with van der Waals surface area (Å²) in [5, 5.41) is 2.72. The topological polar surface area (TPSA) is 60.5 Å². The van der Waals surface area contributed by atoms with Crippen LogP contribution in [-0.4, -0.2) is 24.6 Å². The molecule has 0 spiro atoms. The highest BCUT2D eigenvalue weighted by Gasteiger charge is 2.04. The third kappa shape index (κ3) is 4.85. The summed E-state index contributed by atoms with van der Waals surface area (Å²) < 4.78 is 10.7. The first-order valence-corrected chi connectivity index (χ1v) is 7.35. The fourth-order valence-electron chi connectivity index (χ4n) is 2.01. The number of amides is 1. The van der Waals surface area contributed by atoms with E-state index >= 15 is 0 Å². The molecule has 1 aromatic heterocycles. The van der Waals surface area contributed by atoms with E-state index in [1.54, 1.807) is 19.4 Å². The number of anilines is 1. The Morgan fingerprint density at radius 2 is 2.09 bits per heavy atom. The fourth-order valence-corrected chi connectivity index (χ4v) is 2.01. The lowest BCUT2D eigenvalue weighted by Crippen LogP contribution is -2.09. The molecule has 5 heteroatoms. The monoisotopic (exact) mass is 312 g/mol. The quantitative estimate of drug-likeness (QED) is 0.830. The van der Waals surface area contributed by atoms with Gasteiger partial charge in [0.25, 0.3) is 0 Å². The standard InChI is InChI=1S/C18H20N2O3/c1-4-23-15-7-5-14(12-16(15)22-3)6-8-18(21)20-17-11-13(2)9-10-19-17/h5-12H,4H2,1-3H3,(H,19,20,21)/b8-6+. The molecular formula is C18H20N2O3. The van der Waals surface area contributed by atoms with E-state index < -0.39 is 0 Å². The maximum absolute atomic E-state index is 11.9. The van der Waals surface area contributed by atoms with Crippen molar-refractivity contribution in [2.45, 2.75) is 13.8 Å². The van der Waals surface area contributed by atoms with E-state index in [2.05, 4.69) is 10.3 Å². The molecule has 0 saturated carbocycles. The second-order valence-electron chi connectivity index (χ2n) is 4.88. The molecule has 0 radical (unpaired) electrons. The summed E-state index contributed by atoms with van der Waals surface area (Å²) in [5.41, 5.74) is 1.88. The van der Waals surface area contributed by atoms with Gasteiger partial charge >= 0.3 is 0 Å². The summed E-state index contributed by atoms with van der Waals surface area (Å²) >= 11 is 0. The Morgan fingerprint density at radius 3 is 2.78 bits per heavy atom. The van der Waals surface area contributed by atoms with Crippen LogP contribution in [0, 0.1) is 6.92 Å². The summed E-state index contributed by atoms with van der Waals surface area (Å²) in [5.74, 6) is 1.61. The number of nitrogens with one attached hydrogen (secondary N) is 1. The van der Waals surface area contributed by atoms with Crippen molar-refractivity contribution in [2.75, 3.05) is 19.0 Å². The zero-order valence-corrected chi connectivity index (χ0v) is 13.5. The molecule has 0 atom stereocenters. The molecule has 0 aliphatic rings. The molecule has 0 bridgehead atoms. The van der Waals surface area contributed by atoms with Crippen LogP contribution >= 0.6 is 0 Å². The highest BCUT2D eigenvalue weighted by Crippen LogP contribution is 2.28. The highest BCUT2D eigenvalue weighted by atomic mass is 16.5. The average Bonchev–Trinajstić information content (AvgIpc) is 2.54. The van der Waals surface area contributed by atoms with Crippen LogP contribution in [0.5, 0.6) is 11.5 Å². The molecule has 23 heavy (non-hydrogen) atoms. The molecule has 1 aromatic carbocycles. The van der Waals surface area contributed by atoms with Crippen LogP contribution in [-0.2, 0) is 4.79 Å². The number of ether oxygens (including phenoxy) is 2. The van der Waals surface area contributed by atoms with E-state index in [1.165, 1.54) is 6.08 Å². The molecule has 120 valence electrons. The Hall–Kier alpha value is -2.82. The van der Waals surface area contributed by atoms with Crippen LogP contribution in [0.25, 0.3) is 6.08 Å². The minimum Gasteiger partial charge on any atom is -0.493 e. The number of carbonyl (C=O) groups is 1. The lowest BCUT2D eigenvalue weighted by molar-refractivity contribution is -0.111. The Bertz CT molecular complexity index is 711. The second kappa shape index (κ2) is 7.98. The van der Waals surface area contributed by atoms with Crippen molar-refractivity contribution in [1.29, 1.82) is 0 Å². The van der Waals surface area contributed by atoms with Crippen LogP contribution in [0.1, 0.15) is 18.1 Å². The summed E-state index contributed by atoms with van der Waals surface area (Å²) in [7, 11) is 1.58. The molecule has 1 amide bonds. The molecular weight excluding hydrogens is 292 g/mol. The number of pyridine rings is 1. The number of nitrogens with zero attached hydrogens (tertiary/aromatic N) is 1. The number of hydrogen-bond acceptors (Lipinski definition) is 4. The predicted octanol–water partition coefficient (Wildman–Crippen LogP) is 3.45. The molecule has 5 nitrogen and oxygen atoms in total. The number of aryl methyl sites for hydroxylation is 1. The minimum absolute atomic E-state index is 0.240. The van der Waals surface area contributed by atoms with Gasteiger partial charge in [0.05, 0.1) is 13.7 Å². The third-order valence-corrected chi connectivity index (χ3v) is 3.08. The van der Waals surface area contributed by atoms with Crippen molar-refractivity contribution in [3.8, 4) is 11.5 Å². The molecule has 1 N–H and O–H groups in total. The molecule has 2 rings (SSSR count). The van der Waals surface area contributed by atoms with Crippen molar-refractivity contribution in [3.05, 3.63) is 53.7 Å². The van der Waals surface area contributed by atoms with E-state index in [4.69, 9.17) is 9.47 Å². The molecule has 1 heterocycles. The van der Waals surface area contributed by atoms with E-state index in [1.807, 2.05) is 44.2 Å². The van der Waals surface area contributed by atoms with Gasteiger partial charge < -0.3 is 14.8 Å². The lowest BCUT2D eigenvalue weighted by Gasteiger charge is -2.09. The minimum atomic E-state index is -0.240. The van der Waals surface area contributed by atoms with E-state index in [0.29, 0.717) is 23.9 Å². The first-order valence-electron chi connectivity index (χ1n) is 7.35. The van der Waals surface area contributed by atoms with Crippen LogP contribution in [0.3, 0.4) is 0 Å². The normalized spacial score (nSPS) is 10.6. The highest BCUT2D eigenvalue weighted by molar-refractivity contribution is 6.01. The number of aromatic nitrogens is 1. The SMILES string of the molecule is CCOc1ccc(/C=C/C(=O)Nc2cc(C)ccn2)cc1OC. The molecule has 0 aliphatic carbocycles. The van der Waals surface area contributed by atoms with Crippen molar-refractivity contribution in [1.82, 2.24) is 4.98 Å². The summed E-state index contributed by atoms with van der Waals surface area (Å²) in [6, 6.07) is 9.19. The van der Waals surface area contributed by atoms with Gasteiger partial charge in [0.1, 0.15) is 5.82 Å². The fraction of sp³-hybridized carbons (Fsp3) is 0.222. The van der Waals surface area contributed by atoms with Gasteiger partial charge in [-0.05, 0) is 55.3 Å². The van der Waals surface area contributed by atoms with Gasteiger partial charge in [0, 0.05) is 12.3 Å². The maximum Gasteiger partial charge on any atom is 0.249 e. The molecule has 0 fully saturated rings.